The van der Waals surface area contributed by atoms with Crippen molar-refractivity contribution in [2.45, 2.75) is 32.3 Å². The van der Waals surface area contributed by atoms with Gasteiger partial charge in [0.2, 0.25) is 5.91 Å². The highest BCUT2D eigenvalue weighted by Gasteiger charge is 2.29. The summed E-state index contributed by atoms with van der Waals surface area (Å²) in [6.45, 7) is 0.315. The number of ether oxygens (including phenoxy) is 1. The smallest absolute Gasteiger partial charge is 0.309 e. The first-order valence-electron chi connectivity index (χ1n) is 6.66. The minimum atomic E-state index is -0.254. The monoisotopic (exact) mass is 261 g/mol. The Bertz CT molecular complexity index is 436. The number of rotatable bonds is 4. The van der Waals surface area contributed by atoms with Crippen molar-refractivity contribution in [2.75, 3.05) is 0 Å². The van der Waals surface area contributed by atoms with Crippen LogP contribution in [0.15, 0.2) is 30.3 Å². The molecule has 1 aliphatic rings. The first kappa shape index (κ1) is 13.6. The van der Waals surface area contributed by atoms with Crippen LogP contribution in [0, 0.1) is 11.8 Å². The maximum Gasteiger partial charge on any atom is 0.309 e. The van der Waals surface area contributed by atoms with E-state index in [4.69, 9.17) is 10.5 Å². The van der Waals surface area contributed by atoms with Crippen molar-refractivity contribution in [3.8, 4) is 0 Å². The van der Waals surface area contributed by atoms with Crippen molar-refractivity contribution >= 4 is 11.9 Å². The predicted molar refractivity (Wildman–Crippen MR) is 70.9 cm³/mol. The van der Waals surface area contributed by atoms with Crippen LogP contribution in [0.4, 0.5) is 0 Å². The molecule has 1 aromatic rings. The molecule has 0 heterocycles. The average molecular weight is 261 g/mol. The number of benzene rings is 1. The van der Waals surface area contributed by atoms with Crippen molar-refractivity contribution < 1.29 is 14.3 Å². The minimum Gasteiger partial charge on any atom is -0.461 e. The Balaban J connectivity index is 1.77. The SMILES string of the molecule is NC(=O)C1CCC(C(=O)OCc2ccccc2)CC1. The van der Waals surface area contributed by atoms with Crippen LogP contribution in [0.5, 0.6) is 0 Å². The van der Waals surface area contributed by atoms with Gasteiger partial charge in [-0.25, -0.2) is 0 Å². The standard InChI is InChI=1S/C15H19NO3/c16-14(17)12-6-8-13(9-7-12)15(18)19-10-11-4-2-1-3-5-11/h1-5,12-13H,6-10H2,(H2,16,17). The van der Waals surface area contributed by atoms with E-state index in [1.807, 2.05) is 30.3 Å². The quantitative estimate of drug-likeness (QED) is 0.843. The summed E-state index contributed by atoms with van der Waals surface area (Å²) in [5.41, 5.74) is 6.26. The van der Waals surface area contributed by atoms with E-state index < -0.39 is 0 Å². The highest BCUT2D eigenvalue weighted by atomic mass is 16.5. The molecule has 0 aromatic heterocycles. The molecule has 1 fully saturated rings. The summed E-state index contributed by atoms with van der Waals surface area (Å²) < 4.78 is 5.31. The lowest BCUT2D eigenvalue weighted by Crippen LogP contribution is -2.30. The number of esters is 1. The van der Waals surface area contributed by atoms with Gasteiger partial charge in [0.1, 0.15) is 6.61 Å². The Labute approximate surface area is 112 Å². The molecule has 1 saturated carbocycles. The molecule has 1 aliphatic carbocycles. The van der Waals surface area contributed by atoms with Crippen molar-refractivity contribution in [1.29, 1.82) is 0 Å². The third-order valence-corrected chi connectivity index (χ3v) is 3.69. The molecule has 0 unspecified atom stereocenters. The second-order valence-corrected chi connectivity index (χ2v) is 5.04. The largest absolute Gasteiger partial charge is 0.461 e. The Kier molecular flexibility index (Phi) is 4.55. The van der Waals surface area contributed by atoms with Gasteiger partial charge in [0.25, 0.3) is 0 Å². The number of primary amides is 1. The Morgan fingerprint density at radius 1 is 1.05 bits per heavy atom. The molecule has 102 valence electrons. The molecule has 4 heteroatoms. The summed E-state index contributed by atoms with van der Waals surface area (Å²) in [6.07, 6.45) is 2.78. The summed E-state index contributed by atoms with van der Waals surface area (Å²) in [7, 11) is 0. The van der Waals surface area contributed by atoms with E-state index in [0.717, 1.165) is 5.56 Å². The first-order chi connectivity index (χ1) is 9.16. The highest BCUT2D eigenvalue weighted by molar-refractivity contribution is 5.77. The number of hydrogen-bond acceptors (Lipinski definition) is 3. The summed E-state index contributed by atoms with van der Waals surface area (Å²) in [4.78, 5) is 23.0. The second-order valence-electron chi connectivity index (χ2n) is 5.04. The minimum absolute atomic E-state index is 0.0711. The molecule has 0 aliphatic heterocycles. The molecule has 0 bridgehead atoms. The Morgan fingerprint density at radius 2 is 1.63 bits per heavy atom. The van der Waals surface area contributed by atoms with Crippen LogP contribution in [0.1, 0.15) is 31.2 Å². The molecule has 2 N–H and O–H groups in total. The molecule has 2 rings (SSSR count). The van der Waals surface area contributed by atoms with Gasteiger partial charge in [0, 0.05) is 5.92 Å². The zero-order chi connectivity index (χ0) is 13.7. The number of nitrogens with two attached hydrogens (primary N) is 1. The number of hydrogen-bond donors (Lipinski definition) is 1. The van der Waals surface area contributed by atoms with E-state index in [1.165, 1.54) is 0 Å². The number of amides is 1. The number of carbonyl (C=O) groups excluding carboxylic acids is 2. The van der Waals surface area contributed by atoms with Gasteiger partial charge in [0.15, 0.2) is 0 Å². The maximum atomic E-state index is 11.9. The Hall–Kier alpha value is -1.84. The molecule has 19 heavy (non-hydrogen) atoms. The fraction of sp³-hybridized carbons (Fsp3) is 0.467. The van der Waals surface area contributed by atoms with Gasteiger partial charge in [-0.15, -0.1) is 0 Å². The van der Waals surface area contributed by atoms with E-state index >= 15 is 0 Å². The summed E-state index contributed by atoms with van der Waals surface area (Å²) in [5, 5.41) is 0. The van der Waals surface area contributed by atoms with Crippen LogP contribution in [-0.2, 0) is 20.9 Å². The fourth-order valence-corrected chi connectivity index (χ4v) is 2.46. The second kappa shape index (κ2) is 6.36. The van der Waals surface area contributed by atoms with Gasteiger partial charge >= 0.3 is 5.97 Å². The lowest BCUT2D eigenvalue weighted by molar-refractivity contribution is -0.151. The van der Waals surface area contributed by atoms with E-state index in [0.29, 0.717) is 32.3 Å². The number of carbonyl (C=O) groups is 2. The molecule has 0 spiro atoms. The lowest BCUT2D eigenvalue weighted by Gasteiger charge is -2.25. The lowest BCUT2D eigenvalue weighted by atomic mass is 9.82. The van der Waals surface area contributed by atoms with E-state index in [1.54, 1.807) is 0 Å². The van der Waals surface area contributed by atoms with Gasteiger partial charge in [0.05, 0.1) is 5.92 Å². The van der Waals surface area contributed by atoms with Gasteiger partial charge in [-0.1, -0.05) is 30.3 Å². The molecular formula is C15H19NO3. The van der Waals surface area contributed by atoms with Crippen molar-refractivity contribution in [1.82, 2.24) is 0 Å². The van der Waals surface area contributed by atoms with Crippen molar-refractivity contribution in [3.63, 3.8) is 0 Å². The van der Waals surface area contributed by atoms with Gasteiger partial charge in [-0.3, -0.25) is 9.59 Å². The molecular weight excluding hydrogens is 242 g/mol. The maximum absolute atomic E-state index is 11.9. The van der Waals surface area contributed by atoms with E-state index in [2.05, 4.69) is 0 Å². The third-order valence-electron chi connectivity index (χ3n) is 3.69. The molecule has 1 aromatic carbocycles. The van der Waals surface area contributed by atoms with E-state index in [9.17, 15) is 9.59 Å². The third kappa shape index (κ3) is 3.81. The molecule has 0 radical (unpaired) electrons. The zero-order valence-electron chi connectivity index (χ0n) is 10.9. The molecule has 4 nitrogen and oxygen atoms in total. The van der Waals surface area contributed by atoms with Crippen molar-refractivity contribution in [3.05, 3.63) is 35.9 Å². The summed E-state index contributed by atoms with van der Waals surface area (Å²) in [5.74, 6) is -0.569. The van der Waals surface area contributed by atoms with Crippen molar-refractivity contribution in [2.24, 2.45) is 17.6 Å². The highest BCUT2D eigenvalue weighted by Crippen LogP contribution is 2.29. The van der Waals surface area contributed by atoms with Gasteiger partial charge in [-0.2, -0.15) is 0 Å². The topological polar surface area (TPSA) is 69.4 Å². The van der Waals surface area contributed by atoms with Gasteiger partial charge in [-0.05, 0) is 31.2 Å². The normalized spacial score (nSPS) is 22.7. The predicted octanol–water partition coefficient (Wildman–Crippen LogP) is 2.02. The fourth-order valence-electron chi connectivity index (χ4n) is 2.46. The zero-order valence-corrected chi connectivity index (χ0v) is 10.9. The van der Waals surface area contributed by atoms with Crippen LogP contribution < -0.4 is 5.73 Å². The van der Waals surface area contributed by atoms with Crippen LogP contribution in [0.3, 0.4) is 0 Å². The average Bonchev–Trinajstić information content (AvgIpc) is 2.46. The summed E-state index contributed by atoms with van der Waals surface area (Å²) in [6, 6.07) is 9.62. The molecule has 1 amide bonds. The summed E-state index contributed by atoms with van der Waals surface area (Å²) >= 11 is 0. The van der Waals surface area contributed by atoms with E-state index in [-0.39, 0.29) is 23.7 Å². The Morgan fingerprint density at radius 3 is 2.21 bits per heavy atom. The van der Waals surface area contributed by atoms with Crippen LogP contribution >= 0.6 is 0 Å². The molecule has 0 saturated heterocycles. The van der Waals surface area contributed by atoms with Crippen LogP contribution in [-0.4, -0.2) is 11.9 Å². The molecule has 0 atom stereocenters. The van der Waals surface area contributed by atoms with Crippen LogP contribution in [0.25, 0.3) is 0 Å². The first-order valence-corrected chi connectivity index (χ1v) is 6.66. The van der Waals surface area contributed by atoms with Crippen LogP contribution in [0.2, 0.25) is 0 Å². The van der Waals surface area contributed by atoms with Gasteiger partial charge < -0.3 is 10.5 Å².